The maximum atomic E-state index is 9.26. The van der Waals surface area contributed by atoms with Crippen LogP contribution < -0.4 is 9.47 Å². The highest BCUT2D eigenvalue weighted by molar-refractivity contribution is 7.13. The highest BCUT2D eigenvalue weighted by Crippen LogP contribution is 2.34. The van der Waals surface area contributed by atoms with E-state index in [9.17, 15) is 5.26 Å². The first-order valence-corrected chi connectivity index (χ1v) is 11.3. The smallest absolute Gasteiger partial charge is 0.188 e. The van der Waals surface area contributed by atoms with Crippen LogP contribution in [0.4, 0.5) is 0 Å². The molecule has 0 spiro atoms. The van der Waals surface area contributed by atoms with Gasteiger partial charge in [-0.1, -0.05) is 39.0 Å². The van der Waals surface area contributed by atoms with E-state index in [4.69, 9.17) is 18.9 Å². The summed E-state index contributed by atoms with van der Waals surface area (Å²) in [5, 5.41) is 13.2. The molecule has 4 rings (SSSR count). The number of furan rings is 1. The lowest BCUT2D eigenvalue weighted by Gasteiger charge is -2.20. The van der Waals surface area contributed by atoms with Crippen LogP contribution in [0.25, 0.3) is 21.7 Å². The summed E-state index contributed by atoms with van der Waals surface area (Å²) in [6.07, 6.45) is 0. The summed E-state index contributed by atoms with van der Waals surface area (Å²) in [6.45, 7) is 10.3. The van der Waals surface area contributed by atoms with E-state index in [1.807, 2.05) is 48.5 Å². The van der Waals surface area contributed by atoms with Gasteiger partial charge in [-0.15, -0.1) is 11.3 Å². The van der Waals surface area contributed by atoms with Crippen LogP contribution in [-0.2, 0) is 12.0 Å². The largest absolute Gasteiger partial charge is 0.489 e. The van der Waals surface area contributed by atoms with E-state index >= 15 is 0 Å². The summed E-state index contributed by atoms with van der Waals surface area (Å²) in [7, 11) is 0. The predicted molar refractivity (Wildman–Crippen MR) is 127 cm³/mol. The first-order chi connectivity index (χ1) is 15.1. The number of fused-ring (bicyclic) bond motifs is 1. The van der Waals surface area contributed by atoms with Gasteiger partial charge in [-0.2, -0.15) is 5.26 Å². The van der Waals surface area contributed by atoms with Crippen LogP contribution in [0, 0.1) is 11.3 Å². The van der Waals surface area contributed by atoms with Crippen LogP contribution in [0.1, 0.15) is 45.9 Å². The molecule has 0 radical (unpaired) electrons. The lowest BCUT2D eigenvalue weighted by Crippen LogP contribution is -2.26. The third-order valence-corrected chi connectivity index (χ3v) is 5.83. The first-order valence-electron chi connectivity index (χ1n) is 10.5. The Hall–Kier alpha value is -3.30. The number of hydrogen-bond acceptors (Lipinski definition) is 6. The lowest BCUT2D eigenvalue weighted by atomic mass is 9.93. The molecule has 0 saturated heterocycles. The van der Waals surface area contributed by atoms with Crippen molar-refractivity contribution in [3.63, 3.8) is 0 Å². The van der Waals surface area contributed by atoms with Crippen LogP contribution in [0.3, 0.4) is 0 Å². The summed E-state index contributed by atoms with van der Waals surface area (Å²) in [5.41, 5.74) is 1.82. The van der Waals surface area contributed by atoms with Crippen LogP contribution in [0.2, 0.25) is 0 Å². The Morgan fingerprint density at radius 3 is 2.56 bits per heavy atom. The number of nitriles is 1. The van der Waals surface area contributed by atoms with E-state index in [0.29, 0.717) is 12.4 Å². The predicted octanol–water partition coefficient (Wildman–Crippen LogP) is 7.11. The van der Waals surface area contributed by atoms with Gasteiger partial charge < -0.3 is 13.9 Å². The van der Waals surface area contributed by atoms with Crippen molar-refractivity contribution in [2.75, 3.05) is 0 Å². The molecule has 0 atom stereocenters. The molecule has 2 aromatic heterocycles. The maximum absolute atomic E-state index is 9.26. The van der Waals surface area contributed by atoms with Crippen molar-refractivity contribution >= 4 is 22.3 Å². The van der Waals surface area contributed by atoms with Crippen molar-refractivity contribution in [3.8, 4) is 28.3 Å². The highest BCUT2D eigenvalue weighted by atomic mass is 32.1. The summed E-state index contributed by atoms with van der Waals surface area (Å²) in [5.74, 6) is 2.13. The van der Waals surface area contributed by atoms with Crippen molar-refractivity contribution < 1.29 is 13.9 Å². The Morgan fingerprint density at radius 2 is 1.84 bits per heavy atom. The number of rotatable bonds is 6. The zero-order valence-corrected chi connectivity index (χ0v) is 19.7. The number of hydrogen-bond donors (Lipinski definition) is 0. The summed E-state index contributed by atoms with van der Waals surface area (Å²) < 4.78 is 17.9. The highest BCUT2D eigenvalue weighted by Gasteiger charge is 2.21. The van der Waals surface area contributed by atoms with Gasteiger partial charge in [0.1, 0.15) is 29.8 Å². The number of thiazole rings is 1. The number of aromatic nitrogens is 1. The van der Waals surface area contributed by atoms with Crippen molar-refractivity contribution in [2.45, 2.75) is 52.2 Å². The monoisotopic (exact) mass is 446 g/mol. The summed E-state index contributed by atoms with van der Waals surface area (Å²) >= 11 is 1.59. The molecule has 4 aromatic rings. The molecule has 0 bridgehead atoms. The van der Waals surface area contributed by atoms with E-state index < -0.39 is 5.60 Å². The summed E-state index contributed by atoms with van der Waals surface area (Å²) in [6, 6.07) is 17.5. The number of para-hydroxylation sites is 1. The van der Waals surface area contributed by atoms with Crippen LogP contribution in [0.5, 0.6) is 11.5 Å². The molecule has 0 unspecified atom stereocenters. The molecule has 164 valence electrons. The molecule has 2 heterocycles. The van der Waals surface area contributed by atoms with E-state index in [0.717, 1.165) is 38.7 Å². The average Bonchev–Trinajstić information content (AvgIpc) is 3.39. The standard InChI is InChI=1S/C26H26N2O3S/c1-25(2,3)23-15-32-24(28-23)22-13-18-12-19(10-11-20(18)30-22)29-14-17-8-6-7-9-21(17)31-26(4,5)16-27/h6-13,15H,14H2,1-5H3. The minimum atomic E-state index is -0.912. The fraction of sp³-hybridized carbons (Fsp3) is 0.308. The van der Waals surface area contributed by atoms with Gasteiger partial charge in [-0.25, -0.2) is 4.98 Å². The molecule has 6 heteroatoms. The van der Waals surface area contributed by atoms with E-state index in [-0.39, 0.29) is 5.41 Å². The number of ether oxygens (including phenoxy) is 2. The lowest BCUT2D eigenvalue weighted by molar-refractivity contribution is 0.164. The van der Waals surface area contributed by atoms with E-state index in [1.165, 1.54) is 0 Å². The Kier molecular flexibility index (Phi) is 5.70. The normalized spacial score (nSPS) is 12.0. The second-order valence-electron chi connectivity index (χ2n) is 9.22. The van der Waals surface area contributed by atoms with E-state index in [2.05, 4.69) is 32.2 Å². The van der Waals surface area contributed by atoms with Gasteiger partial charge in [0, 0.05) is 21.7 Å². The molecule has 0 saturated carbocycles. The molecular weight excluding hydrogens is 420 g/mol. The Bertz CT molecular complexity index is 1290. The fourth-order valence-corrected chi connectivity index (χ4v) is 4.13. The molecule has 5 nitrogen and oxygen atoms in total. The molecule has 0 N–H and O–H groups in total. The third kappa shape index (κ3) is 4.79. The van der Waals surface area contributed by atoms with Gasteiger partial charge in [0.05, 0.1) is 5.69 Å². The van der Waals surface area contributed by atoms with Crippen molar-refractivity contribution in [3.05, 3.63) is 65.2 Å². The zero-order valence-electron chi connectivity index (χ0n) is 18.9. The quantitative estimate of drug-likeness (QED) is 0.315. The van der Waals surface area contributed by atoms with Gasteiger partial charge in [0.2, 0.25) is 0 Å². The van der Waals surface area contributed by atoms with Crippen LogP contribution in [-0.4, -0.2) is 10.6 Å². The Labute approximate surface area is 192 Å². The zero-order chi connectivity index (χ0) is 22.9. The van der Waals surface area contributed by atoms with Crippen molar-refractivity contribution in [1.29, 1.82) is 5.26 Å². The van der Waals surface area contributed by atoms with Gasteiger partial charge in [-0.3, -0.25) is 0 Å². The number of nitrogens with zero attached hydrogens (tertiary/aromatic N) is 2. The second kappa shape index (κ2) is 8.33. The van der Waals surface area contributed by atoms with Gasteiger partial charge in [0.25, 0.3) is 0 Å². The Morgan fingerprint density at radius 1 is 1.06 bits per heavy atom. The van der Waals surface area contributed by atoms with Gasteiger partial charge in [0.15, 0.2) is 16.4 Å². The third-order valence-electron chi connectivity index (χ3n) is 4.97. The molecule has 0 aliphatic heterocycles. The van der Waals surface area contributed by atoms with Gasteiger partial charge in [-0.05, 0) is 44.2 Å². The van der Waals surface area contributed by atoms with Crippen molar-refractivity contribution in [1.82, 2.24) is 4.98 Å². The van der Waals surface area contributed by atoms with Crippen LogP contribution in [0.15, 0.2) is 58.3 Å². The summed E-state index contributed by atoms with van der Waals surface area (Å²) in [4.78, 5) is 4.75. The number of benzene rings is 2. The second-order valence-corrected chi connectivity index (χ2v) is 10.1. The molecule has 2 aromatic carbocycles. The van der Waals surface area contributed by atoms with Gasteiger partial charge >= 0.3 is 0 Å². The first kappa shape index (κ1) is 21.9. The molecular formula is C26H26N2O3S. The molecule has 0 amide bonds. The molecule has 0 aliphatic rings. The van der Waals surface area contributed by atoms with E-state index in [1.54, 1.807) is 25.2 Å². The topological polar surface area (TPSA) is 68.3 Å². The Balaban J connectivity index is 1.52. The molecule has 0 aliphatic carbocycles. The van der Waals surface area contributed by atoms with Crippen LogP contribution >= 0.6 is 11.3 Å². The van der Waals surface area contributed by atoms with Crippen molar-refractivity contribution in [2.24, 2.45) is 0 Å². The minimum Gasteiger partial charge on any atom is -0.489 e. The average molecular weight is 447 g/mol. The fourth-order valence-electron chi connectivity index (χ4n) is 3.13. The molecule has 32 heavy (non-hydrogen) atoms. The molecule has 0 fully saturated rings. The maximum Gasteiger partial charge on any atom is 0.188 e. The SMILES string of the molecule is CC(C)(C#N)Oc1ccccc1COc1ccc2oc(-c3nc(C(C)(C)C)cs3)cc2c1. The minimum absolute atomic E-state index is 0.00420.